The molecule has 0 aromatic heterocycles. The van der Waals surface area contributed by atoms with E-state index in [0.29, 0.717) is 12.0 Å². The zero-order chi connectivity index (χ0) is 12.3. The van der Waals surface area contributed by atoms with E-state index in [1.165, 1.54) is 24.8 Å². The highest BCUT2D eigenvalue weighted by atomic mass is 14.7. The Balaban J connectivity index is 1.99. The summed E-state index contributed by atoms with van der Waals surface area (Å²) in [4.78, 5) is 0. The van der Waals surface area contributed by atoms with Gasteiger partial charge in [0.2, 0.25) is 0 Å². The van der Waals surface area contributed by atoms with Crippen molar-refractivity contribution in [3.63, 3.8) is 0 Å². The van der Waals surface area contributed by atoms with Crippen LogP contribution in [0.3, 0.4) is 0 Å². The molecule has 3 atom stereocenters. The molecule has 0 saturated heterocycles. The molecule has 1 aliphatic rings. The molecule has 1 aromatic carbocycles. The van der Waals surface area contributed by atoms with Crippen LogP contribution in [0.5, 0.6) is 0 Å². The van der Waals surface area contributed by atoms with E-state index in [-0.39, 0.29) is 0 Å². The summed E-state index contributed by atoms with van der Waals surface area (Å²) >= 11 is 0. The van der Waals surface area contributed by atoms with Gasteiger partial charge in [-0.2, -0.15) is 0 Å². The van der Waals surface area contributed by atoms with E-state index in [0.717, 1.165) is 18.3 Å². The van der Waals surface area contributed by atoms with Crippen LogP contribution in [0.4, 0.5) is 0 Å². The van der Waals surface area contributed by atoms with Crippen molar-refractivity contribution in [2.24, 2.45) is 23.5 Å². The van der Waals surface area contributed by atoms with Crippen molar-refractivity contribution in [1.82, 2.24) is 0 Å². The molecular weight excluding hydrogens is 206 g/mol. The number of nitrogens with two attached hydrogens (primary N) is 1. The first kappa shape index (κ1) is 12.6. The second-order valence-corrected chi connectivity index (χ2v) is 5.93. The molecule has 0 aliphatic heterocycles. The summed E-state index contributed by atoms with van der Waals surface area (Å²) in [7, 11) is 0. The van der Waals surface area contributed by atoms with Gasteiger partial charge in [0.25, 0.3) is 0 Å². The lowest BCUT2D eigenvalue weighted by molar-refractivity contribution is 0.189. The molecule has 2 rings (SSSR count). The molecule has 17 heavy (non-hydrogen) atoms. The fraction of sp³-hybridized carbons (Fsp3) is 0.625. The minimum atomic E-state index is 0.408. The van der Waals surface area contributed by atoms with Crippen LogP contribution in [0.25, 0.3) is 0 Å². The lowest BCUT2D eigenvalue weighted by atomic mass is 9.72. The smallest absolute Gasteiger partial charge is 0.00705 e. The molecule has 1 aliphatic carbocycles. The molecule has 0 bridgehead atoms. The summed E-state index contributed by atoms with van der Waals surface area (Å²) in [6.07, 6.45) is 5.00. The van der Waals surface area contributed by atoms with Gasteiger partial charge < -0.3 is 5.73 Å². The van der Waals surface area contributed by atoms with E-state index in [1.807, 2.05) is 0 Å². The van der Waals surface area contributed by atoms with Gasteiger partial charge in [-0.1, -0.05) is 44.2 Å². The Labute approximate surface area is 105 Å². The summed E-state index contributed by atoms with van der Waals surface area (Å²) in [5.74, 6) is 2.36. The van der Waals surface area contributed by atoms with Crippen LogP contribution in [0.1, 0.15) is 38.7 Å². The molecule has 3 unspecified atom stereocenters. The maximum atomic E-state index is 6.29. The van der Waals surface area contributed by atoms with Crippen LogP contribution in [-0.2, 0) is 6.42 Å². The minimum absolute atomic E-state index is 0.408. The molecule has 0 amide bonds. The molecule has 94 valence electrons. The lowest BCUT2D eigenvalue weighted by Gasteiger charge is -2.36. The molecule has 0 spiro atoms. The van der Waals surface area contributed by atoms with Gasteiger partial charge in [-0.15, -0.1) is 0 Å². The van der Waals surface area contributed by atoms with Gasteiger partial charge in [-0.3, -0.25) is 0 Å². The zero-order valence-electron chi connectivity index (χ0n) is 11.1. The summed E-state index contributed by atoms with van der Waals surface area (Å²) in [6, 6.07) is 11.2. The molecule has 1 heteroatoms. The summed E-state index contributed by atoms with van der Waals surface area (Å²) < 4.78 is 0. The first-order valence-corrected chi connectivity index (χ1v) is 6.96. The number of hydrogen-bond acceptors (Lipinski definition) is 1. The topological polar surface area (TPSA) is 26.0 Å². The van der Waals surface area contributed by atoms with Crippen LogP contribution >= 0.6 is 0 Å². The third-order valence-corrected chi connectivity index (χ3v) is 4.37. The zero-order valence-corrected chi connectivity index (χ0v) is 11.1. The predicted octanol–water partition coefficient (Wildman–Crippen LogP) is 3.63. The average molecular weight is 231 g/mol. The van der Waals surface area contributed by atoms with Gasteiger partial charge in [0.05, 0.1) is 0 Å². The molecular formula is C16H25N. The fourth-order valence-corrected chi connectivity index (χ4v) is 3.08. The van der Waals surface area contributed by atoms with Crippen molar-refractivity contribution in [3.05, 3.63) is 35.9 Å². The van der Waals surface area contributed by atoms with Gasteiger partial charge in [-0.05, 0) is 49.0 Å². The molecule has 1 fully saturated rings. The fourth-order valence-electron chi connectivity index (χ4n) is 3.08. The first-order chi connectivity index (χ1) is 8.16. The Morgan fingerprint density at radius 3 is 2.53 bits per heavy atom. The van der Waals surface area contributed by atoms with E-state index < -0.39 is 0 Å². The second-order valence-electron chi connectivity index (χ2n) is 5.93. The van der Waals surface area contributed by atoms with Crippen LogP contribution in [0.15, 0.2) is 30.3 Å². The molecule has 1 nitrogen and oxygen atoms in total. The van der Waals surface area contributed by atoms with Crippen molar-refractivity contribution >= 4 is 0 Å². The van der Waals surface area contributed by atoms with E-state index >= 15 is 0 Å². The van der Waals surface area contributed by atoms with Gasteiger partial charge >= 0.3 is 0 Å². The van der Waals surface area contributed by atoms with Crippen LogP contribution in [0, 0.1) is 17.8 Å². The molecule has 1 aromatic rings. The van der Waals surface area contributed by atoms with Crippen molar-refractivity contribution in [2.75, 3.05) is 0 Å². The van der Waals surface area contributed by atoms with E-state index in [9.17, 15) is 0 Å². The largest absolute Gasteiger partial charge is 0.327 e. The maximum absolute atomic E-state index is 6.29. The van der Waals surface area contributed by atoms with Gasteiger partial charge in [0.1, 0.15) is 0 Å². The van der Waals surface area contributed by atoms with Gasteiger partial charge in [0.15, 0.2) is 0 Å². The average Bonchev–Trinajstić information content (AvgIpc) is 2.33. The lowest BCUT2D eigenvalue weighted by Crippen LogP contribution is -2.38. The highest BCUT2D eigenvalue weighted by Gasteiger charge is 2.29. The van der Waals surface area contributed by atoms with Crippen molar-refractivity contribution in [2.45, 2.75) is 45.6 Å². The molecule has 0 radical (unpaired) electrons. The minimum Gasteiger partial charge on any atom is -0.327 e. The molecule has 1 saturated carbocycles. The van der Waals surface area contributed by atoms with Crippen LogP contribution < -0.4 is 5.73 Å². The van der Waals surface area contributed by atoms with Crippen molar-refractivity contribution in [3.8, 4) is 0 Å². The second kappa shape index (κ2) is 5.68. The predicted molar refractivity (Wildman–Crippen MR) is 73.8 cm³/mol. The summed E-state index contributed by atoms with van der Waals surface area (Å²) in [6.45, 7) is 4.70. The first-order valence-electron chi connectivity index (χ1n) is 6.96. The van der Waals surface area contributed by atoms with Crippen LogP contribution in [-0.4, -0.2) is 6.04 Å². The third kappa shape index (κ3) is 3.32. The SMILES string of the molecule is CC(C)C1CCC(N)C(Cc2ccccc2)C1. The Morgan fingerprint density at radius 1 is 1.18 bits per heavy atom. The van der Waals surface area contributed by atoms with Crippen molar-refractivity contribution in [1.29, 1.82) is 0 Å². The summed E-state index contributed by atoms with van der Waals surface area (Å²) in [5, 5.41) is 0. The normalized spacial score (nSPS) is 29.5. The Bertz CT molecular complexity index is 331. The third-order valence-electron chi connectivity index (χ3n) is 4.37. The Morgan fingerprint density at radius 2 is 1.88 bits per heavy atom. The highest BCUT2D eigenvalue weighted by Crippen LogP contribution is 2.34. The number of benzene rings is 1. The Kier molecular flexibility index (Phi) is 4.22. The number of rotatable bonds is 3. The Hall–Kier alpha value is -0.820. The standard InChI is InChI=1S/C16H25N/c1-12(2)14-8-9-16(17)15(11-14)10-13-6-4-3-5-7-13/h3-7,12,14-16H,8-11,17H2,1-2H3. The van der Waals surface area contributed by atoms with Crippen LogP contribution in [0.2, 0.25) is 0 Å². The molecule has 0 heterocycles. The van der Waals surface area contributed by atoms with Gasteiger partial charge in [-0.25, -0.2) is 0 Å². The number of hydrogen-bond donors (Lipinski definition) is 1. The monoisotopic (exact) mass is 231 g/mol. The summed E-state index contributed by atoms with van der Waals surface area (Å²) in [5.41, 5.74) is 7.73. The highest BCUT2D eigenvalue weighted by molar-refractivity contribution is 5.15. The van der Waals surface area contributed by atoms with E-state index in [1.54, 1.807) is 0 Å². The van der Waals surface area contributed by atoms with E-state index in [2.05, 4.69) is 44.2 Å². The quantitative estimate of drug-likeness (QED) is 0.844. The maximum Gasteiger partial charge on any atom is 0.00705 e. The van der Waals surface area contributed by atoms with E-state index in [4.69, 9.17) is 5.73 Å². The molecule has 2 N–H and O–H groups in total. The van der Waals surface area contributed by atoms with Gasteiger partial charge in [0, 0.05) is 6.04 Å². The van der Waals surface area contributed by atoms with Crippen molar-refractivity contribution < 1.29 is 0 Å².